The lowest BCUT2D eigenvalue weighted by atomic mass is 10.2. The fourth-order valence-corrected chi connectivity index (χ4v) is 4.98. The third-order valence-corrected chi connectivity index (χ3v) is 7.02. The van der Waals surface area contributed by atoms with Crippen molar-refractivity contribution in [3.63, 3.8) is 0 Å². The molecule has 2 heterocycles. The van der Waals surface area contributed by atoms with Crippen LogP contribution in [0.3, 0.4) is 0 Å². The van der Waals surface area contributed by atoms with Crippen LogP contribution in [0.5, 0.6) is 0 Å². The molecular formula is C25H28FN5O2S. The van der Waals surface area contributed by atoms with E-state index in [9.17, 15) is 9.18 Å². The van der Waals surface area contributed by atoms with E-state index in [-0.39, 0.29) is 23.5 Å². The predicted octanol–water partition coefficient (Wildman–Crippen LogP) is 3.83. The van der Waals surface area contributed by atoms with Gasteiger partial charge in [-0.25, -0.2) is 4.39 Å². The van der Waals surface area contributed by atoms with Crippen LogP contribution in [0.1, 0.15) is 24.0 Å². The lowest BCUT2D eigenvalue weighted by Crippen LogP contribution is -2.38. The van der Waals surface area contributed by atoms with Gasteiger partial charge in [-0.1, -0.05) is 42.1 Å². The van der Waals surface area contributed by atoms with E-state index in [0.717, 1.165) is 43.1 Å². The molecule has 2 fully saturated rings. The molecule has 0 N–H and O–H groups in total. The van der Waals surface area contributed by atoms with Crippen molar-refractivity contribution in [1.29, 1.82) is 0 Å². The molecule has 5 rings (SSSR count). The van der Waals surface area contributed by atoms with Gasteiger partial charge in [0.05, 0.1) is 24.7 Å². The molecule has 3 aromatic rings. The van der Waals surface area contributed by atoms with Gasteiger partial charge in [0, 0.05) is 31.2 Å². The lowest BCUT2D eigenvalue weighted by Gasteiger charge is -2.28. The average Bonchev–Trinajstić information content (AvgIpc) is 3.60. The van der Waals surface area contributed by atoms with Crippen LogP contribution in [0.2, 0.25) is 0 Å². The Balaban J connectivity index is 1.36. The van der Waals surface area contributed by atoms with Gasteiger partial charge in [0.2, 0.25) is 11.9 Å². The first-order chi connectivity index (χ1) is 16.6. The minimum Gasteiger partial charge on any atom is -0.378 e. The van der Waals surface area contributed by atoms with Crippen molar-refractivity contribution >= 4 is 23.6 Å². The molecule has 0 bridgehead atoms. The number of hydrogen-bond donors (Lipinski definition) is 0. The molecule has 1 aromatic heterocycles. The molecule has 7 nitrogen and oxygen atoms in total. The number of carbonyl (C=O) groups is 1. The second kappa shape index (κ2) is 10.1. The number of hydrogen-bond acceptors (Lipinski definition) is 6. The second-order valence-corrected chi connectivity index (χ2v) is 9.63. The van der Waals surface area contributed by atoms with E-state index in [1.165, 1.54) is 17.8 Å². The number of aromatic nitrogens is 3. The zero-order valence-corrected chi connectivity index (χ0v) is 20.0. The summed E-state index contributed by atoms with van der Waals surface area (Å²) in [5, 5.41) is 9.60. The van der Waals surface area contributed by atoms with Crippen LogP contribution in [0, 0.1) is 12.7 Å². The van der Waals surface area contributed by atoms with Crippen molar-refractivity contribution in [2.45, 2.75) is 37.5 Å². The number of amides is 1. The molecule has 2 aromatic carbocycles. The maximum Gasteiger partial charge on any atom is 0.233 e. The van der Waals surface area contributed by atoms with E-state index in [2.05, 4.69) is 34.2 Å². The number of aryl methyl sites for hydroxylation is 1. The first-order valence-corrected chi connectivity index (χ1v) is 12.6. The van der Waals surface area contributed by atoms with E-state index in [0.29, 0.717) is 30.5 Å². The SMILES string of the molecule is Cc1cccc(-n2c(SCC(=O)N(Cc3ccccc3F)C3CC3)nnc2N2CCOCC2)c1. The maximum absolute atomic E-state index is 14.2. The van der Waals surface area contributed by atoms with E-state index in [4.69, 9.17) is 4.74 Å². The molecule has 1 saturated heterocycles. The Kier molecular flexibility index (Phi) is 6.82. The van der Waals surface area contributed by atoms with Crippen molar-refractivity contribution < 1.29 is 13.9 Å². The largest absolute Gasteiger partial charge is 0.378 e. The molecule has 9 heteroatoms. The number of benzene rings is 2. The van der Waals surface area contributed by atoms with Gasteiger partial charge in [-0.05, 0) is 43.5 Å². The Bertz CT molecular complexity index is 1160. The molecule has 0 radical (unpaired) electrons. The van der Waals surface area contributed by atoms with Gasteiger partial charge in [0.1, 0.15) is 5.82 Å². The standard InChI is InChI=1S/C25H28FN5O2S/c1-18-5-4-7-21(15-18)31-24(29-11-13-33-14-12-29)27-28-25(31)34-17-23(32)30(20-9-10-20)16-19-6-2-3-8-22(19)26/h2-8,15,20H,9-14,16-17H2,1H3. The Morgan fingerprint density at radius 3 is 2.68 bits per heavy atom. The Morgan fingerprint density at radius 2 is 1.94 bits per heavy atom. The molecule has 34 heavy (non-hydrogen) atoms. The minimum atomic E-state index is -0.275. The van der Waals surface area contributed by atoms with Crippen LogP contribution in [-0.4, -0.2) is 63.7 Å². The van der Waals surface area contributed by atoms with E-state index >= 15 is 0 Å². The summed E-state index contributed by atoms with van der Waals surface area (Å²) in [6.45, 7) is 5.12. The quantitative estimate of drug-likeness (QED) is 0.456. The number of rotatable bonds is 8. The Hall–Kier alpha value is -2.91. The average molecular weight is 482 g/mol. The van der Waals surface area contributed by atoms with Crippen LogP contribution in [0.25, 0.3) is 5.69 Å². The summed E-state index contributed by atoms with van der Waals surface area (Å²) in [7, 11) is 0. The molecule has 1 aliphatic heterocycles. The van der Waals surface area contributed by atoms with Crippen molar-refractivity contribution in [3.05, 3.63) is 65.5 Å². The van der Waals surface area contributed by atoms with Crippen molar-refractivity contribution in [2.24, 2.45) is 0 Å². The molecule has 1 saturated carbocycles. The summed E-state index contributed by atoms with van der Waals surface area (Å²) in [5.74, 6) is 0.692. The summed E-state index contributed by atoms with van der Waals surface area (Å²) in [5.41, 5.74) is 2.65. The number of thioether (sulfide) groups is 1. The molecule has 0 unspecified atom stereocenters. The topological polar surface area (TPSA) is 63.5 Å². The highest BCUT2D eigenvalue weighted by atomic mass is 32.2. The van der Waals surface area contributed by atoms with Crippen LogP contribution >= 0.6 is 11.8 Å². The first kappa shape index (κ1) is 22.9. The zero-order valence-electron chi connectivity index (χ0n) is 19.2. The second-order valence-electron chi connectivity index (χ2n) is 8.69. The molecule has 2 aliphatic rings. The van der Waals surface area contributed by atoms with Crippen LogP contribution in [0.15, 0.2) is 53.7 Å². The smallest absolute Gasteiger partial charge is 0.233 e. The summed E-state index contributed by atoms with van der Waals surface area (Å²) < 4.78 is 21.7. The van der Waals surface area contributed by atoms with E-state index in [1.807, 2.05) is 21.6 Å². The summed E-state index contributed by atoms with van der Waals surface area (Å²) in [4.78, 5) is 17.2. The third-order valence-electron chi connectivity index (χ3n) is 6.10. The first-order valence-electron chi connectivity index (χ1n) is 11.6. The molecule has 1 amide bonds. The number of morpholine rings is 1. The number of ether oxygens (including phenoxy) is 1. The third kappa shape index (κ3) is 5.10. The predicted molar refractivity (Wildman–Crippen MR) is 130 cm³/mol. The highest BCUT2D eigenvalue weighted by molar-refractivity contribution is 7.99. The number of nitrogens with zero attached hydrogens (tertiary/aromatic N) is 5. The van der Waals surface area contributed by atoms with Crippen LogP contribution in [-0.2, 0) is 16.1 Å². The zero-order chi connectivity index (χ0) is 23.5. The normalized spacial score (nSPS) is 16.0. The van der Waals surface area contributed by atoms with Gasteiger partial charge in [-0.2, -0.15) is 0 Å². The van der Waals surface area contributed by atoms with Crippen LogP contribution in [0.4, 0.5) is 10.3 Å². The highest BCUT2D eigenvalue weighted by Crippen LogP contribution is 2.32. The molecule has 178 valence electrons. The van der Waals surface area contributed by atoms with Gasteiger partial charge >= 0.3 is 0 Å². The number of anilines is 1. The summed E-state index contributed by atoms with van der Waals surface area (Å²) in [6, 6.07) is 15.0. The van der Waals surface area contributed by atoms with Gasteiger partial charge < -0.3 is 14.5 Å². The van der Waals surface area contributed by atoms with Gasteiger partial charge in [0.15, 0.2) is 5.16 Å². The van der Waals surface area contributed by atoms with Crippen molar-refractivity contribution in [1.82, 2.24) is 19.7 Å². The Labute approximate surface area is 202 Å². The van der Waals surface area contributed by atoms with Crippen LogP contribution < -0.4 is 4.90 Å². The van der Waals surface area contributed by atoms with Gasteiger partial charge in [0.25, 0.3) is 0 Å². The van der Waals surface area contributed by atoms with Crippen molar-refractivity contribution in [2.75, 3.05) is 37.0 Å². The molecular weight excluding hydrogens is 453 g/mol. The number of halogens is 1. The van der Waals surface area contributed by atoms with Gasteiger partial charge in [-0.3, -0.25) is 9.36 Å². The van der Waals surface area contributed by atoms with Crippen molar-refractivity contribution in [3.8, 4) is 5.69 Å². The minimum absolute atomic E-state index is 0.0116. The van der Waals surface area contributed by atoms with E-state index in [1.54, 1.807) is 18.2 Å². The van der Waals surface area contributed by atoms with E-state index < -0.39 is 0 Å². The summed E-state index contributed by atoms with van der Waals surface area (Å²) >= 11 is 1.38. The maximum atomic E-state index is 14.2. The number of carbonyl (C=O) groups excluding carboxylic acids is 1. The molecule has 1 aliphatic carbocycles. The monoisotopic (exact) mass is 481 g/mol. The fraction of sp³-hybridized carbons (Fsp3) is 0.400. The molecule has 0 spiro atoms. The fourth-order valence-electron chi connectivity index (χ4n) is 4.14. The van der Waals surface area contributed by atoms with Gasteiger partial charge in [-0.15, -0.1) is 10.2 Å². The molecule has 0 atom stereocenters. The highest BCUT2D eigenvalue weighted by Gasteiger charge is 2.33. The Morgan fingerprint density at radius 1 is 1.15 bits per heavy atom. The summed E-state index contributed by atoms with van der Waals surface area (Å²) in [6.07, 6.45) is 1.93. The lowest BCUT2D eigenvalue weighted by molar-refractivity contribution is -0.129.